The first-order chi connectivity index (χ1) is 10.1. The van der Waals surface area contributed by atoms with E-state index in [1.54, 1.807) is 6.92 Å². The maximum absolute atomic E-state index is 12.2. The first-order valence-corrected chi connectivity index (χ1v) is 7.87. The molecule has 0 spiro atoms. The van der Waals surface area contributed by atoms with Crippen LogP contribution in [0.1, 0.15) is 40.3 Å². The second kappa shape index (κ2) is 5.57. The van der Waals surface area contributed by atoms with E-state index in [0.29, 0.717) is 34.1 Å². The maximum Gasteiger partial charge on any atom is 0.346 e. The number of aromatic carboxylic acids is 1. The molecule has 112 valence electrons. The number of hydrogen-bond donors (Lipinski definition) is 3. The summed E-state index contributed by atoms with van der Waals surface area (Å²) in [6, 6.07) is 0.333. The Labute approximate surface area is 125 Å². The lowest BCUT2D eigenvalue weighted by molar-refractivity contribution is 0.0701. The molecule has 1 fully saturated rings. The molecule has 0 aromatic carbocycles. The lowest BCUT2D eigenvalue weighted by Crippen LogP contribution is -2.36. The number of hydrogen-bond acceptors (Lipinski definition) is 5. The Morgan fingerprint density at radius 1 is 1.48 bits per heavy atom. The summed E-state index contributed by atoms with van der Waals surface area (Å²) in [5, 5.41) is 13.0. The minimum atomic E-state index is -1.01. The van der Waals surface area contributed by atoms with Crippen molar-refractivity contribution in [3.05, 3.63) is 26.6 Å². The standard InChI is InChI=1S/C14H17N3O3S/c1-7-10-12(18)16-9(6-8-4-2-3-5-15-8)17-13(10)21-11(7)14(19)20/h8,15H,2-6H2,1H3,(H,19,20)(H,16,17,18). The quantitative estimate of drug-likeness (QED) is 0.802. The molecule has 1 atom stereocenters. The van der Waals surface area contributed by atoms with Gasteiger partial charge in [-0.15, -0.1) is 11.3 Å². The molecule has 1 unspecified atom stereocenters. The van der Waals surface area contributed by atoms with Crippen molar-refractivity contribution in [3.63, 3.8) is 0 Å². The van der Waals surface area contributed by atoms with E-state index in [-0.39, 0.29) is 10.4 Å². The number of carboxylic acid groups (broad SMARTS) is 1. The molecule has 7 heteroatoms. The third-order valence-electron chi connectivity index (χ3n) is 3.90. The van der Waals surface area contributed by atoms with E-state index >= 15 is 0 Å². The van der Waals surface area contributed by atoms with Crippen molar-refractivity contribution >= 4 is 27.5 Å². The van der Waals surface area contributed by atoms with Gasteiger partial charge >= 0.3 is 5.97 Å². The molecule has 0 bridgehead atoms. The van der Waals surface area contributed by atoms with Crippen molar-refractivity contribution in [3.8, 4) is 0 Å². The summed E-state index contributed by atoms with van der Waals surface area (Å²) in [5.74, 6) is -0.379. The maximum atomic E-state index is 12.2. The number of carbonyl (C=O) groups is 1. The molecule has 6 nitrogen and oxygen atoms in total. The molecule has 0 aliphatic carbocycles. The van der Waals surface area contributed by atoms with E-state index in [9.17, 15) is 9.59 Å². The molecular formula is C14H17N3O3S. The SMILES string of the molecule is Cc1c(C(=O)O)sc2nc(CC3CCCCN3)[nH]c(=O)c12. The largest absolute Gasteiger partial charge is 0.477 e. The van der Waals surface area contributed by atoms with Gasteiger partial charge in [-0.25, -0.2) is 9.78 Å². The number of aromatic amines is 1. The van der Waals surface area contributed by atoms with Crippen LogP contribution in [-0.2, 0) is 6.42 Å². The fraction of sp³-hybridized carbons (Fsp3) is 0.500. The number of rotatable bonds is 3. The predicted molar refractivity (Wildman–Crippen MR) is 81.3 cm³/mol. The van der Waals surface area contributed by atoms with E-state index in [2.05, 4.69) is 15.3 Å². The summed E-state index contributed by atoms with van der Waals surface area (Å²) in [7, 11) is 0. The van der Waals surface area contributed by atoms with Crippen LogP contribution in [0, 0.1) is 6.92 Å². The van der Waals surface area contributed by atoms with Gasteiger partial charge in [-0.2, -0.15) is 0 Å². The van der Waals surface area contributed by atoms with E-state index < -0.39 is 5.97 Å². The molecule has 1 saturated heterocycles. The van der Waals surface area contributed by atoms with E-state index in [1.807, 2.05) is 0 Å². The van der Waals surface area contributed by atoms with Crippen molar-refractivity contribution in [2.45, 2.75) is 38.6 Å². The van der Waals surface area contributed by atoms with Gasteiger partial charge in [0.25, 0.3) is 5.56 Å². The Morgan fingerprint density at radius 3 is 2.95 bits per heavy atom. The highest BCUT2D eigenvalue weighted by molar-refractivity contribution is 7.20. The number of thiophene rings is 1. The Balaban J connectivity index is 1.98. The molecular weight excluding hydrogens is 290 g/mol. The summed E-state index contributed by atoms with van der Waals surface area (Å²) in [6.45, 7) is 2.65. The van der Waals surface area contributed by atoms with Crippen LogP contribution in [0.15, 0.2) is 4.79 Å². The summed E-state index contributed by atoms with van der Waals surface area (Å²) in [4.78, 5) is 31.3. The van der Waals surface area contributed by atoms with Crippen LogP contribution >= 0.6 is 11.3 Å². The lowest BCUT2D eigenvalue weighted by Gasteiger charge is -2.22. The zero-order valence-electron chi connectivity index (χ0n) is 11.7. The number of H-pyrrole nitrogens is 1. The first-order valence-electron chi connectivity index (χ1n) is 7.05. The Bertz CT molecular complexity index is 744. The summed E-state index contributed by atoms with van der Waals surface area (Å²) in [6.07, 6.45) is 4.12. The molecule has 0 amide bonds. The van der Waals surface area contributed by atoms with Gasteiger partial charge in [0.2, 0.25) is 0 Å². The molecule has 2 aromatic heterocycles. The minimum absolute atomic E-state index is 0.191. The summed E-state index contributed by atoms with van der Waals surface area (Å²) in [5.41, 5.74) is 0.255. The third-order valence-corrected chi connectivity index (χ3v) is 5.07. The van der Waals surface area contributed by atoms with Crippen LogP contribution in [0.5, 0.6) is 0 Å². The average Bonchev–Trinajstić information content (AvgIpc) is 2.77. The average molecular weight is 307 g/mol. The number of fused-ring (bicyclic) bond motifs is 1. The van der Waals surface area contributed by atoms with Crippen molar-refractivity contribution < 1.29 is 9.90 Å². The fourth-order valence-electron chi connectivity index (χ4n) is 2.82. The van der Waals surface area contributed by atoms with Gasteiger partial charge in [0.15, 0.2) is 0 Å². The number of piperidine rings is 1. The monoisotopic (exact) mass is 307 g/mol. The van der Waals surface area contributed by atoms with Crippen molar-refractivity contribution in [2.24, 2.45) is 0 Å². The molecule has 1 aliphatic rings. The van der Waals surface area contributed by atoms with Crippen molar-refractivity contribution in [1.82, 2.24) is 15.3 Å². The highest BCUT2D eigenvalue weighted by Gasteiger charge is 2.20. The third kappa shape index (κ3) is 2.71. The van der Waals surface area contributed by atoms with Crippen LogP contribution < -0.4 is 10.9 Å². The molecule has 3 heterocycles. The smallest absolute Gasteiger partial charge is 0.346 e. The number of carboxylic acids is 1. The minimum Gasteiger partial charge on any atom is -0.477 e. The van der Waals surface area contributed by atoms with E-state index in [0.717, 1.165) is 24.3 Å². The molecule has 3 N–H and O–H groups in total. The van der Waals surface area contributed by atoms with Gasteiger partial charge in [-0.3, -0.25) is 4.79 Å². The van der Waals surface area contributed by atoms with Crippen LogP contribution in [0.3, 0.4) is 0 Å². The van der Waals surface area contributed by atoms with Crippen molar-refractivity contribution in [2.75, 3.05) is 6.54 Å². The highest BCUT2D eigenvalue weighted by Crippen LogP contribution is 2.27. The number of aromatic nitrogens is 2. The van der Waals surface area contributed by atoms with Crippen LogP contribution in [0.2, 0.25) is 0 Å². The number of nitrogens with zero attached hydrogens (tertiary/aromatic N) is 1. The van der Waals surface area contributed by atoms with Gasteiger partial charge in [0.05, 0.1) is 5.39 Å². The van der Waals surface area contributed by atoms with E-state index in [1.165, 1.54) is 12.8 Å². The van der Waals surface area contributed by atoms with Gasteiger partial charge in [0, 0.05) is 12.5 Å². The van der Waals surface area contributed by atoms with Gasteiger partial charge in [-0.1, -0.05) is 6.42 Å². The normalized spacial score (nSPS) is 19.0. The predicted octanol–water partition coefficient (Wildman–Crippen LogP) is 1.68. The number of aryl methyl sites for hydroxylation is 1. The van der Waals surface area contributed by atoms with Gasteiger partial charge in [0.1, 0.15) is 15.5 Å². The Hall–Kier alpha value is -1.73. The van der Waals surface area contributed by atoms with E-state index in [4.69, 9.17) is 5.11 Å². The lowest BCUT2D eigenvalue weighted by atomic mass is 10.0. The van der Waals surface area contributed by atoms with Crippen LogP contribution in [0.25, 0.3) is 10.2 Å². The highest BCUT2D eigenvalue weighted by atomic mass is 32.1. The van der Waals surface area contributed by atoms with Crippen LogP contribution in [-0.4, -0.2) is 33.6 Å². The molecule has 2 aromatic rings. The Morgan fingerprint density at radius 2 is 2.29 bits per heavy atom. The molecule has 3 rings (SSSR count). The van der Waals surface area contributed by atoms with Gasteiger partial charge in [-0.05, 0) is 31.9 Å². The Kier molecular flexibility index (Phi) is 3.77. The second-order valence-corrected chi connectivity index (χ2v) is 6.40. The first kappa shape index (κ1) is 14.2. The zero-order chi connectivity index (χ0) is 15.0. The van der Waals surface area contributed by atoms with Crippen LogP contribution in [0.4, 0.5) is 0 Å². The van der Waals surface area contributed by atoms with Crippen molar-refractivity contribution in [1.29, 1.82) is 0 Å². The summed E-state index contributed by atoms with van der Waals surface area (Å²) < 4.78 is 0. The zero-order valence-corrected chi connectivity index (χ0v) is 12.5. The molecule has 21 heavy (non-hydrogen) atoms. The fourth-order valence-corrected chi connectivity index (χ4v) is 3.86. The second-order valence-electron chi connectivity index (χ2n) is 5.41. The van der Waals surface area contributed by atoms with Gasteiger partial charge < -0.3 is 15.4 Å². The molecule has 1 aliphatic heterocycles. The summed E-state index contributed by atoms with van der Waals surface area (Å²) >= 11 is 1.07. The topological polar surface area (TPSA) is 95.1 Å². The molecule has 0 saturated carbocycles. The molecule has 0 radical (unpaired) electrons. The number of nitrogens with one attached hydrogen (secondary N) is 2.